The Bertz CT molecular complexity index is 607. The minimum atomic E-state index is -0.573. The summed E-state index contributed by atoms with van der Waals surface area (Å²) >= 11 is 0. The molecule has 104 valence electrons. The van der Waals surface area contributed by atoms with Crippen LogP contribution >= 0.6 is 0 Å². The smallest absolute Gasteiger partial charge is 0.247 e. The molecule has 6 heteroatoms. The van der Waals surface area contributed by atoms with Crippen molar-refractivity contribution in [3.8, 4) is 0 Å². The number of nitrogens with zero attached hydrogens (tertiary/aromatic N) is 3. The first-order valence-corrected chi connectivity index (χ1v) is 6.25. The van der Waals surface area contributed by atoms with Crippen LogP contribution in [-0.2, 0) is 19.6 Å². The van der Waals surface area contributed by atoms with Gasteiger partial charge in [-0.3, -0.25) is 0 Å². The Labute approximate surface area is 110 Å². The first-order valence-electron chi connectivity index (χ1n) is 6.25. The average Bonchev–Trinajstić information content (AvgIpc) is 2.39. The zero-order chi connectivity index (χ0) is 14.4. The molecular formula is C13H19N3O3. The molecule has 0 radical (unpaired) electrons. The van der Waals surface area contributed by atoms with Crippen LogP contribution in [0.15, 0.2) is 38.7 Å². The molecule has 0 saturated carbocycles. The Morgan fingerprint density at radius 1 is 0.789 bits per heavy atom. The van der Waals surface area contributed by atoms with E-state index in [1.54, 1.807) is 45.1 Å². The fourth-order valence-electron chi connectivity index (χ4n) is 1.69. The van der Waals surface area contributed by atoms with Crippen molar-refractivity contribution >= 4 is 0 Å². The fraction of sp³-hybridized carbons (Fsp3) is 0.462. The van der Waals surface area contributed by atoms with E-state index in [0.29, 0.717) is 0 Å². The normalized spacial score (nSPS) is 11.7. The van der Waals surface area contributed by atoms with Gasteiger partial charge < -0.3 is 0 Å². The molecule has 0 unspecified atom stereocenters. The third-order valence-electron chi connectivity index (χ3n) is 2.75. The molecule has 0 spiro atoms. The standard InChI is InChI=1S/C13H19N3O3/c1-4-7-9-15-11(17)14(6-3)12(18)16(13(15)19)10-8-5-2/h4-5,7-8H,6,9-10H2,1-3H3/b7-4+,8-5+. The van der Waals surface area contributed by atoms with Crippen LogP contribution in [0.25, 0.3) is 0 Å². The predicted octanol–water partition coefficient (Wildman–Crippen LogP) is 0.344. The van der Waals surface area contributed by atoms with Crippen molar-refractivity contribution in [2.45, 2.75) is 40.4 Å². The maximum atomic E-state index is 12.1. The van der Waals surface area contributed by atoms with Gasteiger partial charge in [0.25, 0.3) is 0 Å². The summed E-state index contributed by atoms with van der Waals surface area (Å²) < 4.78 is 3.19. The first kappa shape index (κ1) is 14.9. The SMILES string of the molecule is C/C=C/Cn1c(=O)n(CC)c(=O)n(C/C=C/C)c1=O. The monoisotopic (exact) mass is 265 g/mol. The van der Waals surface area contributed by atoms with Crippen LogP contribution in [0.1, 0.15) is 20.8 Å². The number of hydrogen-bond acceptors (Lipinski definition) is 3. The minimum absolute atomic E-state index is 0.171. The van der Waals surface area contributed by atoms with E-state index >= 15 is 0 Å². The lowest BCUT2D eigenvalue weighted by Crippen LogP contribution is -2.54. The summed E-state index contributed by atoms with van der Waals surface area (Å²) in [5.74, 6) is 0. The third kappa shape index (κ3) is 3.01. The molecule has 0 amide bonds. The van der Waals surface area contributed by atoms with Crippen LogP contribution in [0.2, 0.25) is 0 Å². The molecule has 1 aromatic heterocycles. The van der Waals surface area contributed by atoms with Gasteiger partial charge in [0.15, 0.2) is 0 Å². The molecule has 19 heavy (non-hydrogen) atoms. The number of hydrogen-bond donors (Lipinski definition) is 0. The van der Waals surface area contributed by atoms with Gasteiger partial charge in [0.1, 0.15) is 0 Å². The van der Waals surface area contributed by atoms with Gasteiger partial charge in [-0.25, -0.2) is 28.1 Å². The molecule has 0 aromatic carbocycles. The van der Waals surface area contributed by atoms with Crippen molar-refractivity contribution in [1.29, 1.82) is 0 Å². The van der Waals surface area contributed by atoms with Gasteiger partial charge in [0.05, 0.1) is 13.1 Å². The second-order valence-electron chi connectivity index (χ2n) is 3.95. The van der Waals surface area contributed by atoms with Crippen molar-refractivity contribution in [3.05, 3.63) is 55.8 Å². The average molecular weight is 265 g/mol. The van der Waals surface area contributed by atoms with Gasteiger partial charge in [-0.05, 0) is 20.8 Å². The lowest BCUT2D eigenvalue weighted by molar-refractivity contribution is 0.490. The number of allylic oxidation sites excluding steroid dienone is 4. The molecule has 0 atom stereocenters. The molecule has 1 heterocycles. The molecule has 6 nitrogen and oxygen atoms in total. The van der Waals surface area contributed by atoms with Crippen LogP contribution in [0.3, 0.4) is 0 Å². The van der Waals surface area contributed by atoms with E-state index in [-0.39, 0.29) is 19.6 Å². The Hall–Kier alpha value is -2.11. The molecule has 0 fully saturated rings. The highest BCUT2D eigenvalue weighted by atomic mass is 16.2. The Morgan fingerprint density at radius 2 is 1.16 bits per heavy atom. The van der Waals surface area contributed by atoms with E-state index in [9.17, 15) is 14.4 Å². The summed E-state index contributed by atoms with van der Waals surface area (Å²) in [5, 5.41) is 0. The quantitative estimate of drug-likeness (QED) is 0.721. The van der Waals surface area contributed by atoms with Gasteiger partial charge in [-0.15, -0.1) is 0 Å². The van der Waals surface area contributed by atoms with E-state index in [1.807, 2.05) is 0 Å². The summed E-state index contributed by atoms with van der Waals surface area (Å²) in [6.07, 6.45) is 6.91. The Morgan fingerprint density at radius 3 is 1.47 bits per heavy atom. The zero-order valence-electron chi connectivity index (χ0n) is 11.5. The third-order valence-corrected chi connectivity index (χ3v) is 2.75. The summed E-state index contributed by atoms with van der Waals surface area (Å²) in [7, 11) is 0. The van der Waals surface area contributed by atoms with Gasteiger partial charge in [-0.1, -0.05) is 24.3 Å². The van der Waals surface area contributed by atoms with Crippen LogP contribution in [0.5, 0.6) is 0 Å². The molecule has 1 rings (SSSR count). The van der Waals surface area contributed by atoms with Crippen LogP contribution in [-0.4, -0.2) is 13.7 Å². The summed E-state index contributed by atoms with van der Waals surface area (Å²) in [6.45, 7) is 5.89. The van der Waals surface area contributed by atoms with Crippen molar-refractivity contribution in [2.24, 2.45) is 0 Å². The van der Waals surface area contributed by atoms with Crippen LogP contribution in [0, 0.1) is 0 Å². The maximum Gasteiger partial charge on any atom is 0.336 e. The van der Waals surface area contributed by atoms with Crippen molar-refractivity contribution in [2.75, 3.05) is 0 Å². The number of rotatable bonds is 5. The predicted molar refractivity (Wildman–Crippen MR) is 74.5 cm³/mol. The second kappa shape index (κ2) is 6.72. The molecule has 0 aliphatic heterocycles. The first-order chi connectivity index (χ1) is 9.08. The molecule has 1 aromatic rings. The molecule has 0 aliphatic carbocycles. The van der Waals surface area contributed by atoms with Crippen LogP contribution in [0.4, 0.5) is 0 Å². The van der Waals surface area contributed by atoms with Gasteiger partial charge in [0.2, 0.25) is 0 Å². The lowest BCUT2D eigenvalue weighted by atomic mass is 10.5. The second-order valence-corrected chi connectivity index (χ2v) is 3.95. The topological polar surface area (TPSA) is 66.0 Å². The van der Waals surface area contributed by atoms with Crippen molar-refractivity contribution in [1.82, 2.24) is 13.7 Å². The lowest BCUT2D eigenvalue weighted by Gasteiger charge is -2.10. The highest BCUT2D eigenvalue weighted by Crippen LogP contribution is 1.81. The Balaban J connectivity index is 3.60. The highest BCUT2D eigenvalue weighted by Gasteiger charge is 2.12. The highest BCUT2D eigenvalue weighted by molar-refractivity contribution is 4.87. The number of aromatic nitrogens is 3. The molecule has 0 saturated heterocycles. The molecular weight excluding hydrogens is 246 g/mol. The van der Waals surface area contributed by atoms with Crippen LogP contribution < -0.4 is 17.1 Å². The van der Waals surface area contributed by atoms with Crippen molar-refractivity contribution < 1.29 is 0 Å². The molecule has 0 bridgehead atoms. The summed E-state index contributed by atoms with van der Waals surface area (Å²) in [6, 6.07) is 0. The largest absolute Gasteiger partial charge is 0.336 e. The van der Waals surface area contributed by atoms with Crippen molar-refractivity contribution in [3.63, 3.8) is 0 Å². The van der Waals surface area contributed by atoms with Gasteiger partial charge in [-0.2, -0.15) is 0 Å². The van der Waals surface area contributed by atoms with Gasteiger partial charge >= 0.3 is 17.1 Å². The van der Waals surface area contributed by atoms with E-state index in [2.05, 4.69) is 0 Å². The van der Waals surface area contributed by atoms with E-state index < -0.39 is 17.1 Å². The maximum absolute atomic E-state index is 12.1. The van der Waals surface area contributed by atoms with Gasteiger partial charge in [0, 0.05) is 6.54 Å². The molecule has 0 N–H and O–H groups in total. The van der Waals surface area contributed by atoms with E-state index in [4.69, 9.17) is 0 Å². The Kier molecular flexibility index (Phi) is 5.29. The minimum Gasteiger partial charge on any atom is -0.247 e. The molecule has 0 aliphatic rings. The fourth-order valence-corrected chi connectivity index (χ4v) is 1.69. The summed E-state index contributed by atoms with van der Waals surface area (Å²) in [4.78, 5) is 36.2. The van der Waals surface area contributed by atoms with E-state index in [0.717, 1.165) is 13.7 Å². The summed E-state index contributed by atoms with van der Waals surface area (Å²) in [5.41, 5.74) is -1.70. The van der Waals surface area contributed by atoms with E-state index in [1.165, 1.54) is 0 Å². The zero-order valence-corrected chi connectivity index (χ0v) is 11.5.